The van der Waals surface area contributed by atoms with E-state index in [1.54, 1.807) is 0 Å². The zero-order valence-corrected chi connectivity index (χ0v) is 44.1. The van der Waals surface area contributed by atoms with Gasteiger partial charge < -0.3 is 50.5 Å². The summed E-state index contributed by atoms with van der Waals surface area (Å²) >= 11 is 0. The van der Waals surface area contributed by atoms with Crippen LogP contribution in [0.1, 0.15) is 277 Å². The van der Waals surface area contributed by atoms with Gasteiger partial charge in [-0.15, -0.1) is 0 Å². The highest BCUT2D eigenvalue weighted by molar-refractivity contribution is 5.80. The third kappa shape index (κ3) is 35.1. The average molecular weight is 971 g/mol. The van der Waals surface area contributed by atoms with Gasteiger partial charge >= 0.3 is 0 Å². The Balaban J connectivity index is 2.30. The van der Waals surface area contributed by atoms with E-state index in [-0.39, 0.29) is 6.42 Å². The Morgan fingerprint density at radius 2 is 0.853 bits per heavy atom. The van der Waals surface area contributed by atoms with Crippen molar-refractivity contribution in [1.29, 1.82) is 0 Å². The fraction of sp³-hybridized carbons (Fsp3) is 0.947. The number of amides is 1. The standard InChI is InChI=1S/C57H111NO10/c1-3-5-7-9-11-13-15-17-19-21-22-23-24-25-26-27-29-30-32-34-36-38-40-42-44-49(60)52(62)48(47-67-57-55(65)54(64)53(63)51(46-59)68-57)58-56(66)50(61)45-43-41-39-37-35-33-31-28-20-18-16-14-12-10-8-6-4-2/h31,33,48-55,57,59-65H,3-30,32,34-47H2,1-2H3,(H,58,66)/b33-31-. The van der Waals surface area contributed by atoms with Crippen LogP contribution in [0.4, 0.5) is 0 Å². The Hall–Kier alpha value is -1.15. The minimum absolute atomic E-state index is 0.249. The molecule has 0 aliphatic carbocycles. The summed E-state index contributed by atoms with van der Waals surface area (Å²) in [7, 11) is 0. The highest BCUT2D eigenvalue weighted by atomic mass is 16.7. The lowest BCUT2D eigenvalue weighted by molar-refractivity contribution is -0.303. The number of hydrogen-bond donors (Lipinski definition) is 8. The van der Waals surface area contributed by atoms with E-state index < -0.39 is 74.2 Å². The van der Waals surface area contributed by atoms with Gasteiger partial charge in [-0.1, -0.05) is 251 Å². The normalized spacial score (nSPS) is 20.5. The topological polar surface area (TPSA) is 189 Å². The molecule has 9 atom stereocenters. The molecule has 1 fully saturated rings. The number of carbonyl (C=O) groups is 1. The summed E-state index contributed by atoms with van der Waals surface area (Å²) < 4.78 is 11.1. The number of aliphatic hydroxyl groups excluding tert-OH is 7. The van der Waals surface area contributed by atoms with E-state index in [0.717, 1.165) is 51.4 Å². The molecule has 8 N–H and O–H groups in total. The smallest absolute Gasteiger partial charge is 0.249 e. The minimum Gasteiger partial charge on any atom is -0.394 e. The summed E-state index contributed by atoms with van der Waals surface area (Å²) in [4.78, 5) is 13.2. The number of aliphatic hydroxyl groups is 7. The Bertz CT molecular complexity index is 1110. The first-order valence-electron chi connectivity index (χ1n) is 29.1. The van der Waals surface area contributed by atoms with Gasteiger partial charge in [-0.05, 0) is 38.5 Å². The maximum Gasteiger partial charge on any atom is 0.249 e. The summed E-state index contributed by atoms with van der Waals surface area (Å²) in [5.41, 5.74) is 0. The molecule has 1 rings (SSSR count). The molecular weight excluding hydrogens is 859 g/mol. The Labute approximate surface area is 417 Å². The summed E-state index contributed by atoms with van der Waals surface area (Å²) in [6.45, 7) is 3.48. The molecule has 0 bridgehead atoms. The first kappa shape index (κ1) is 64.9. The van der Waals surface area contributed by atoms with E-state index in [1.165, 1.54) is 186 Å². The monoisotopic (exact) mass is 970 g/mol. The molecule has 1 amide bonds. The second-order valence-corrected chi connectivity index (χ2v) is 20.7. The van der Waals surface area contributed by atoms with Crippen molar-refractivity contribution in [3.8, 4) is 0 Å². The molecule has 0 aromatic heterocycles. The molecule has 9 unspecified atom stereocenters. The molecule has 1 aliphatic heterocycles. The zero-order chi connectivity index (χ0) is 49.7. The van der Waals surface area contributed by atoms with E-state index in [9.17, 15) is 40.5 Å². The maximum absolute atomic E-state index is 13.2. The summed E-state index contributed by atoms with van der Waals surface area (Å²) in [6.07, 6.45) is 42.6. The quantitative estimate of drug-likeness (QED) is 0.0215. The van der Waals surface area contributed by atoms with Crippen molar-refractivity contribution in [1.82, 2.24) is 5.32 Å². The van der Waals surface area contributed by atoms with Gasteiger partial charge in [0.1, 0.15) is 36.6 Å². The van der Waals surface area contributed by atoms with E-state index in [1.807, 2.05) is 0 Å². The third-order valence-corrected chi connectivity index (χ3v) is 14.3. The molecule has 0 spiro atoms. The van der Waals surface area contributed by atoms with Crippen molar-refractivity contribution in [3.05, 3.63) is 12.2 Å². The van der Waals surface area contributed by atoms with Crippen LogP contribution >= 0.6 is 0 Å². The van der Waals surface area contributed by atoms with Gasteiger partial charge in [0.05, 0.1) is 25.4 Å². The van der Waals surface area contributed by atoms with Gasteiger partial charge in [0.2, 0.25) is 5.91 Å². The summed E-state index contributed by atoms with van der Waals surface area (Å²) in [5.74, 6) is -0.701. The van der Waals surface area contributed by atoms with Gasteiger partial charge in [-0.2, -0.15) is 0 Å². The van der Waals surface area contributed by atoms with Crippen LogP contribution in [0.15, 0.2) is 12.2 Å². The van der Waals surface area contributed by atoms with E-state index in [4.69, 9.17) is 9.47 Å². The van der Waals surface area contributed by atoms with Crippen LogP contribution in [-0.2, 0) is 14.3 Å². The van der Waals surface area contributed by atoms with Crippen LogP contribution in [0.2, 0.25) is 0 Å². The fourth-order valence-corrected chi connectivity index (χ4v) is 9.56. The van der Waals surface area contributed by atoms with Gasteiger partial charge in [0.15, 0.2) is 6.29 Å². The number of carbonyl (C=O) groups excluding carboxylic acids is 1. The number of rotatable bonds is 50. The Morgan fingerprint density at radius 1 is 0.500 bits per heavy atom. The third-order valence-electron chi connectivity index (χ3n) is 14.3. The zero-order valence-electron chi connectivity index (χ0n) is 44.1. The highest BCUT2D eigenvalue weighted by Crippen LogP contribution is 2.23. The van der Waals surface area contributed by atoms with Crippen molar-refractivity contribution in [2.24, 2.45) is 0 Å². The molecule has 0 aromatic rings. The largest absolute Gasteiger partial charge is 0.394 e. The lowest BCUT2D eigenvalue weighted by atomic mass is 9.98. The van der Waals surface area contributed by atoms with Gasteiger partial charge in [-0.3, -0.25) is 4.79 Å². The van der Waals surface area contributed by atoms with Crippen LogP contribution in [0, 0.1) is 0 Å². The first-order chi connectivity index (χ1) is 33.2. The number of ether oxygens (including phenoxy) is 2. The number of allylic oxidation sites excluding steroid dienone is 2. The summed E-state index contributed by atoms with van der Waals surface area (Å²) in [6, 6.07) is -1.17. The van der Waals surface area contributed by atoms with Gasteiger partial charge in [0, 0.05) is 0 Å². The number of nitrogens with one attached hydrogen (secondary N) is 1. The molecule has 0 saturated carbocycles. The molecule has 1 aliphatic rings. The number of hydrogen-bond acceptors (Lipinski definition) is 10. The Kier molecular flexibility index (Phi) is 44.7. The molecular formula is C57H111NO10. The second kappa shape index (κ2) is 46.9. The van der Waals surface area contributed by atoms with Crippen molar-refractivity contribution in [3.63, 3.8) is 0 Å². The second-order valence-electron chi connectivity index (χ2n) is 20.7. The highest BCUT2D eigenvalue weighted by Gasteiger charge is 2.44. The molecule has 68 heavy (non-hydrogen) atoms. The van der Waals surface area contributed by atoms with Crippen LogP contribution in [0.25, 0.3) is 0 Å². The summed E-state index contributed by atoms with van der Waals surface area (Å²) in [5, 5.41) is 76.1. The lowest BCUT2D eigenvalue weighted by Gasteiger charge is -2.40. The predicted octanol–water partition coefficient (Wildman–Crippen LogP) is 12.0. The minimum atomic E-state index is -1.66. The number of unbranched alkanes of at least 4 members (excludes halogenated alkanes) is 36. The van der Waals surface area contributed by atoms with Gasteiger partial charge in [-0.25, -0.2) is 0 Å². The van der Waals surface area contributed by atoms with Crippen LogP contribution in [0.5, 0.6) is 0 Å². The molecule has 11 heteroatoms. The molecule has 0 radical (unpaired) electrons. The lowest BCUT2D eigenvalue weighted by Crippen LogP contribution is -2.60. The molecule has 11 nitrogen and oxygen atoms in total. The SMILES string of the molecule is CCCCCCCCCCC/C=C\CCCCCCC(O)C(=O)NC(COC1OC(CO)C(O)C(O)C1O)C(O)C(O)CCCCCCCCCCCCCCCCCCCCCCCCCC. The average Bonchev–Trinajstić information content (AvgIpc) is 3.34. The molecule has 404 valence electrons. The van der Waals surface area contributed by atoms with Gasteiger partial charge in [0.25, 0.3) is 0 Å². The Morgan fingerprint density at radius 3 is 1.24 bits per heavy atom. The first-order valence-corrected chi connectivity index (χ1v) is 29.1. The molecule has 1 heterocycles. The van der Waals surface area contributed by atoms with E-state index in [0.29, 0.717) is 19.3 Å². The van der Waals surface area contributed by atoms with Crippen molar-refractivity contribution >= 4 is 5.91 Å². The molecule has 0 aromatic carbocycles. The van der Waals surface area contributed by atoms with Crippen molar-refractivity contribution < 1.29 is 50.0 Å². The van der Waals surface area contributed by atoms with Crippen molar-refractivity contribution in [2.75, 3.05) is 13.2 Å². The predicted molar refractivity (Wildman–Crippen MR) is 279 cm³/mol. The maximum atomic E-state index is 13.2. The van der Waals surface area contributed by atoms with Crippen LogP contribution in [-0.4, -0.2) is 110 Å². The van der Waals surface area contributed by atoms with Crippen LogP contribution < -0.4 is 5.32 Å². The fourth-order valence-electron chi connectivity index (χ4n) is 9.56. The van der Waals surface area contributed by atoms with E-state index >= 15 is 0 Å². The van der Waals surface area contributed by atoms with E-state index in [2.05, 4.69) is 31.3 Å². The molecule has 1 saturated heterocycles. The van der Waals surface area contributed by atoms with Crippen molar-refractivity contribution in [2.45, 2.75) is 332 Å². The van der Waals surface area contributed by atoms with Crippen LogP contribution in [0.3, 0.4) is 0 Å².